The zero-order valence-electron chi connectivity index (χ0n) is 8.27. The molecule has 0 aliphatic carbocycles. The first-order valence-corrected chi connectivity index (χ1v) is 5.35. The van der Waals surface area contributed by atoms with Crippen LogP contribution in [0.1, 0.15) is 11.1 Å². The van der Waals surface area contributed by atoms with Crippen LogP contribution in [0.15, 0.2) is 42.5 Å². The van der Waals surface area contributed by atoms with Crippen LogP contribution in [-0.4, -0.2) is 0 Å². The summed E-state index contributed by atoms with van der Waals surface area (Å²) in [6.07, 6.45) is 0. The molecule has 0 N–H and O–H groups in total. The van der Waals surface area contributed by atoms with Crippen molar-refractivity contribution in [2.24, 2.45) is 0 Å². The average Bonchev–Trinajstić information content (AvgIpc) is 2.75. The molecule has 82 valence electrons. The monoisotopic (exact) mass is 340 g/mol. The minimum absolute atomic E-state index is 0. The Kier molecular flexibility index (Phi) is 7.24. The molecule has 0 unspecified atom stereocenters. The van der Waals surface area contributed by atoms with E-state index in [1.54, 1.807) is 0 Å². The van der Waals surface area contributed by atoms with Crippen molar-refractivity contribution in [1.29, 1.82) is 0 Å². The summed E-state index contributed by atoms with van der Waals surface area (Å²) >= 11 is 2.35. The second kappa shape index (κ2) is 7.27. The van der Waals surface area contributed by atoms with Crippen LogP contribution in [0, 0.1) is 17.4 Å². The average molecular weight is 340 g/mol. The van der Waals surface area contributed by atoms with Crippen LogP contribution < -0.4 is 0 Å². The van der Waals surface area contributed by atoms with Crippen LogP contribution in [0.2, 0.25) is 0 Å². The SMILES string of the molecule is Cc1c(I)cc[c-]1C.[Fe].[cH-]1[cH-][cH-][cH-][cH-]1. The predicted molar refractivity (Wildman–Crippen MR) is 66.3 cm³/mol. The molecule has 2 aromatic rings. The van der Waals surface area contributed by atoms with Crippen molar-refractivity contribution in [2.75, 3.05) is 0 Å². The van der Waals surface area contributed by atoms with Gasteiger partial charge in [0.05, 0.1) is 0 Å². The van der Waals surface area contributed by atoms with Gasteiger partial charge in [-0.25, -0.2) is 6.07 Å². The predicted octanol–water partition coefficient (Wildman–Crippen LogP) is 4.03. The molecule has 2 heteroatoms. The maximum Gasteiger partial charge on any atom is 0 e. The Balaban J connectivity index is 0.000000246. The maximum atomic E-state index is 2.35. The summed E-state index contributed by atoms with van der Waals surface area (Å²) in [6, 6.07) is 14.3. The van der Waals surface area contributed by atoms with Crippen LogP contribution in [0.25, 0.3) is 0 Å². The molecule has 0 fully saturated rings. The third-order valence-corrected chi connectivity index (χ3v) is 3.15. The number of hydrogen-bond acceptors (Lipinski definition) is 0. The van der Waals surface area contributed by atoms with Crippen LogP contribution in [0.4, 0.5) is 0 Å². The standard InChI is InChI=1S/C7H8I.C5H5.Fe/c1-5-3-4-7(8)6(5)2;1-2-4-5-3-1;/h3-4H,1-2H3;1-5H;/q-1;-5;. The fraction of sp³-hybridized carbons (Fsp3) is 0.167. The Morgan fingerprint density at radius 2 is 1.57 bits per heavy atom. The van der Waals surface area contributed by atoms with E-state index in [1.165, 1.54) is 14.7 Å². The zero-order chi connectivity index (χ0) is 9.68. The van der Waals surface area contributed by atoms with Gasteiger partial charge >= 0.3 is 0 Å². The topological polar surface area (TPSA) is 0 Å². The van der Waals surface area contributed by atoms with E-state index >= 15 is 0 Å². The van der Waals surface area contributed by atoms with E-state index in [0.717, 1.165) is 0 Å². The van der Waals surface area contributed by atoms with Gasteiger partial charge in [0.1, 0.15) is 0 Å². The van der Waals surface area contributed by atoms with Crippen LogP contribution >= 0.6 is 22.6 Å². The van der Waals surface area contributed by atoms with Gasteiger partial charge in [0, 0.05) is 17.1 Å². The van der Waals surface area contributed by atoms with Gasteiger partial charge in [-0.2, -0.15) is 17.2 Å². The van der Waals surface area contributed by atoms with Gasteiger partial charge in [-0.1, -0.05) is 13.8 Å². The molecule has 0 atom stereocenters. The second-order valence-corrected chi connectivity index (χ2v) is 4.11. The van der Waals surface area contributed by atoms with Gasteiger partial charge in [0.2, 0.25) is 0 Å². The molecule has 0 saturated carbocycles. The van der Waals surface area contributed by atoms with Crippen molar-refractivity contribution < 1.29 is 17.1 Å². The summed E-state index contributed by atoms with van der Waals surface area (Å²) in [7, 11) is 0. The second-order valence-electron chi connectivity index (χ2n) is 2.95. The molecule has 2 aromatic carbocycles. The van der Waals surface area contributed by atoms with E-state index in [-0.39, 0.29) is 17.1 Å². The van der Waals surface area contributed by atoms with E-state index in [4.69, 9.17) is 0 Å². The first-order chi connectivity index (χ1) is 6.22. The Morgan fingerprint density at radius 3 is 1.71 bits per heavy atom. The van der Waals surface area contributed by atoms with Gasteiger partial charge in [-0.05, 0) is 0 Å². The molecule has 2 rings (SSSR count). The number of aryl methyl sites for hydroxylation is 1. The molecule has 0 radical (unpaired) electrons. The molecule has 0 spiro atoms. The maximum absolute atomic E-state index is 2.35. The first kappa shape index (κ1) is 13.9. The number of rotatable bonds is 0. The minimum atomic E-state index is 0. The summed E-state index contributed by atoms with van der Waals surface area (Å²) in [5.74, 6) is 0. The van der Waals surface area contributed by atoms with Crippen molar-refractivity contribution >= 4 is 22.6 Å². The number of halogens is 1. The number of hydrogen-bond donors (Lipinski definition) is 0. The zero-order valence-corrected chi connectivity index (χ0v) is 11.5. The van der Waals surface area contributed by atoms with Gasteiger partial charge < -0.3 is 30.3 Å². The molecule has 0 bridgehead atoms. The third kappa shape index (κ3) is 4.45. The molecular formula is C12H13FeI-6. The molecule has 0 amide bonds. The smallest absolute Gasteiger partial charge is 0 e. The Bertz CT molecular complexity index is 296. The van der Waals surface area contributed by atoms with Crippen LogP contribution in [0.3, 0.4) is 0 Å². The molecule has 0 aliphatic rings. The molecule has 14 heavy (non-hydrogen) atoms. The molecule has 0 aliphatic heterocycles. The van der Waals surface area contributed by atoms with E-state index in [1.807, 2.05) is 30.3 Å². The molecule has 0 nitrogen and oxygen atoms in total. The molecular weight excluding hydrogens is 327 g/mol. The van der Waals surface area contributed by atoms with Crippen molar-refractivity contribution in [3.05, 3.63) is 57.2 Å². The summed E-state index contributed by atoms with van der Waals surface area (Å²) in [4.78, 5) is 0. The van der Waals surface area contributed by atoms with Gasteiger partial charge in [0.25, 0.3) is 0 Å². The fourth-order valence-electron chi connectivity index (χ4n) is 0.957. The molecule has 0 aromatic heterocycles. The summed E-state index contributed by atoms with van der Waals surface area (Å²) in [6.45, 7) is 4.29. The summed E-state index contributed by atoms with van der Waals surface area (Å²) in [5, 5.41) is 0. The first-order valence-electron chi connectivity index (χ1n) is 4.27. The minimum Gasteiger partial charge on any atom is -0.748 e. The Morgan fingerprint density at radius 1 is 1.14 bits per heavy atom. The van der Waals surface area contributed by atoms with E-state index < -0.39 is 0 Å². The van der Waals surface area contributed by atoms with Crippen molar-refractivity contribution in [1.82, 2.24) is 0 Å². The summed E-state index contributed by atoms with van der Waals surface area (Å²) in [5.41, 5.74) is 2.82. The normalized spacial score (nSPS) is 8.50. The summed E-state index contributed by atoms with van der Waals surface area (Å²) < 4.78 is 1.38. The van der Waals surface area contributed by atoms with Gasteiger partial charge in [-0.15, -0.1) is 26.2 Å². The molecule has 0 saturated heterocycles. The van der Waals surface area contributed by atoms with Crippen molar-refractivity contribution in [3.63, 3.8) is 0 Å². The largest absolute Gasteiger partial charge is 0.748 e. The van der Waals surface area contributed by atoms with E-state index in [9.17, 15) is 0 Å². The quantitative estimate of drug-likeness (QED) is 0.386. The van der Waals surface area contributed by atoms with E-state index in [0.29, 0.717) is 0 Å². The Labute approximate surface area is 110 Å². The molecule has 0 heterocycles. The van der Waals surface area contributed by atoms with Gasteiger partial charge in [-0.3, -0.25) is 0 Å². The van der Waals surface area contributed by atoms with Crippen LogP contribution in [-0.2, 0) is 17.1 Å². The van der Waals surface area contributed by atoms with Crippen LogP contribution in [0.5, 0.6) is 0 Å². The van der Waals surface area contributed by atoms with Crippen molar-refractivity contribution in [3.8, 4) is 0 Å². The van der Waals surface area contributed by atoms with E-state index in [2.05, 4.69) is 48.6 Å². The van der Waals surface area contributed by atoms with Crippen molar-refractivity contribution in [2.45, 2.75) is 13.8 Å². The third-order valence-electron chi connectivity index (χ3n) is 1.98. The van der Waals surface area contributed by atoms with Gasteiger partial charge in [0.15, 0.2) is 0 Å². The fourth-order valence-corrected chi connectivity index (χ4v) is 1.56. The Hall–Kier alpha value is -0.0505.